The van der Waals surface area contributed by atoms with Crippen molar-refractivity contribution in [2.24, 2.45) is 0 Å². The maximum absolute atomic E-state index is 5.42. The van der Waals surface area contributed by atoms with E-state index in [0.29, 0.717) is 13.2 Å². The summed E-state index contributed by atoms with van der Waals surface area (Å²) in [6, 6.07) is 0. The number of nitrogens with one attached hydrogen (secondary N) is 1. The molecule has 0 atom stereocenters. The van der Waals surface area contributed by atoms with Crippen LogP contribution in [0, 0.1) is 0 Å². The van der Waals surface area contributed by atoms with Crippen LogP contribution >= 0.6 is 0 Å². The Morgan fingerprint density at radius 2 is 1.70 bits per heavy atom. The van der Waals surface area contributed by atoms with Crippen LogP contribution in [0.5, 0.6) is 0 Å². The first kappa shape index (κ1) is 16.7. The number of aromatic nitrogens is 2. The summed E-state index contributed by atoms with van der Waals surface area (Å²) in [6.07, 6.45) is 3.51. The second kappa shape index (κ2) is 10.4. The zero-order chi connectivity index (χ0) is 14.6. The van der Waals surface area contributed by atoms with Crippen molar-refractivity contribution in [3.05, 3.63) is 12.4 Å². The van der Waals surface area contributed by atoms with E-state index in [-0.39, 0.29) is 0 Å². The van der Waals surface area contributed by atoms with Crippen molar-refractivity contribution >= 4 is 11.6 Å². The van der Waals surface area contributed by atoms with Gasteiger partial charge in [-0.1, -0.05) is 0 Å². The highest BCUT2D eigenvalue weighted by atomic mass is 16.5. The lowest BCUT2D eigenvalue weighted by molar-refractivity contribution is 0.141. The summed E-state index contributed by atoms with van der Waals surface area (Å²) < 4.78 is 10.8. The first-order chi connectivity index (χ1) is 9.81. The molecular weight excluding hydrogens is 256 g/mol. The Hall–Kier alpha value is -1.40. The molecule has 1 heterocycles. The fraction of sp³-hybridized carbons (Fsp3) is 0.714. The number of rotatable bonds is 11. The monoisotopic (exact) mass is 282 g/mol. The van der Waals surface area contributed by atoms with Gasteiger partial charge in [0.15, 0.2) is 0 Å². The van der Waals surface area contributed by atoms with Gasteiger partial charge in [-0.15, -0.1) is 0 Å². The molecule has 0 amide bonds. The Morgan fingerprint density at radius 1 is 1.05 bits per heavy atom. The molecule has 0 saturated carbocycles. The molecule has 0 aliphatic carbocycles. The third-order valence-corrected chi connectivity index (χ3v) is 2.72. The molecule has 0 fully saturated rings. The fourth-order valence-corrected chi connectivity index (χ4v) is 1.75. The molecule has 0 unspecified atom stereocenters. The van der Waals surface area contributed by atoms with Crippen LogP contribution in [0.2, 0.25) is 0 Å². The van der Waals surface area contributed by atoms with Crippen molar-refractivity contribution in [3.8, 4) is 0 Å². The third kappa shape index (κ3) is 6.16. The SMILES string of the molecule is CCNc1cncc(N(CCOCC)CCOCC)n1. The van der Waals surface area contributed by atoms with Crippen LogP contribution in [0.3, 0.4) is 0 Å². The molecule has 0 aromatic carbocycles. The second-order valence-corrected chi connectivity index (χ2v) is 4.17. The summed E-state index contributed by atoms with van der Waals surface area (Å²) in [5.74, 6) is 1.64. The van der Waals surface area contributed by atoms with E-state index in [1.807, 2.05) is 20.8 Å². The fourth-order valence-electron chi connectivity index (χ4n) is 1.75. The quantitative estimate of drug-likeness (QED) is 0.624. The molecule has 0 bridgehead atoms. The summed E-state index contributed by atoms with van der Waals surface area (Å²) in [4.78, 5) is 10.9. The molecule has 1 rings (SSSR count). The zero-order valence-electron chi connectivity index (χ0n) is 12.8. The molecule has 0 spiro atoms. The van der Waals surface area contributed by atoms with Crippen LogP contribution in [0.15, 0.2) is 12.4 Å². The predicted octanol–water partition coefficient (Wildman–Crippen LogP) is 1.79. The summed E-state index contributed by atoms with van der Waals surface area (Å²) in [5.41, 5.74) is 0. The van der Waals surface area contributed by atoms with Gasteiger partial charge in [0, 0.05) is 32.8 Å². The Bertz CT molecular complexity index is 353. The highest BCUT2D eigenvalue weighted by Gasteiger charge is 2.09. The van der Waals surface area contributed by atoms with E-state index in [4.69, 9.17) is 9.47 Å². The Labute approximate surface area is 121 Å². The molecule has 20 heavy (non-hydrogen) atoms. The minimum absolute atomic E-state index is 0.676. The number of hydrogen-bond acceptors (Lipinski definition) is 6. The van der Waals surface area contributed by atoms with Gasteiger partial charge >= 0.3 is 0 Å². The summed E-state index contributed by atoms with van der Waals surface area (Å²) >= 11 is 0. The van der Waals surface area contributed by atoms with Crippen molar-refractivity contribution in [1.29, 1.82) is 0 Å². The van der Waals surface area contributed by atoms with Crippen molar-refractivity contribution in [1.82, 2.24) is 9.97 Å². The number of hydrogen-bond donors (Lipinski definition) is 1. The van der Waals surface area contributed by atoms with Crippen LogP contribution in [0.4, 0.5) is 11.6 Å². The minimum atomic E-state index is 0.676. The van der Waals surface area contributed by atoms with Crippen LogP contribution in [-0.2, 0) is 9.47 Å². The van der Waals surface area contributed by atoms with Crippen LogP contribution < -0.4 is 10.2 Å². The lowest BCUT2D eigenvalue weighted by Gasteiger charge is -2.23. The molecule has 1 N–H and O–H groups in total. The molecule has 0 aliphatic rings. The maximum Gasteiger partial charge on any atom is 0.149 e. The zero-order valence-corrected chi connectivity index (χ0v) is 12.8. The molecule has 0 radical (unpaired) electrons. The van der Waals surface area contributed by atoms with E-state index in [0.717, 1.165) is 44.5 Å². The van der Waals surface area contributed by atoms with Gasteiger partial charge in [-0.3, -0.25) is 4.98 Å². The van der Waals surface area contributed by atoms with Gasteiger partial charge < -0.3 is 19.7 Å². The number of ether oxygens (including phenoxy) is 2. The van der Waals surface area contributed by atoms with Crippen molar-refractivity contribution in [2.45, 2.75) is 20.8 Å². The van der Waals surface area contributed by atoms with Gasteiger partial charge in [0.2, 0.25) is 0 Å². The largest absolute Gasteiger partial charge is 0.380 e. The molecule has 0 saturated heterocycles. The van der Waals surface area contributed by atoms with Gasteiger partial charge in [-0.05, 0) is 20.8 Å². The van der Waals surface area contributed by atoms with E-state index in [1.54, 1.807) is 12.4 Å². The highest BCUT2D eigenvalue weighted by molar-refractivity contribution is 5.43. The van der Waals surface area contributed by atoms with Crippen LogP contribution in [0.1, 0.15) is 20.8 Å². The third-order valence-electron chi connectivity index (χ3n) is 2.72. The van der Waals surface area contributed by atoms with Gasteiger partial charge in [-0.25, -0.2) is 4.98 Å². The topological polar surface area (TPSA) is 59.5 Å². The molecule has 1 aromatic heterocycles. The molecule has 6 nitrogen and oxygen atoms in total. The van der Waals surface area contributed by atoms with Crippen LogP contribution in [-0.4, -0.2) is 56.0 Å². The maximum atomic E-state index is 5.42. The van der Waals surface area contributed by atoms with E-state index >= 15 is 0 Å². The first-order valence-electron chi connectivity index (χ1n) is 7.28. The number of nitrogens with zero attached hydrogens (tertiary/aromatic N) is 3. The van der Waals surface area contributed by atoms with E-state index in [1.165, 1.54) is 0 Å². The van der Waals surface area contributed by atoms with Gasteiger partial charge in [0.05, 0.1) is 25.6 Å². The van der Waals surface area contributed by atoms with Crippen molar-refractivity contribution in [3.63, 3.8) is 0 Å². The van der Waals surface area contributed by atoms with Gasteiger partial charge in [0.1, 0.15) is 11.6 Å². The summed E-state index contributed by atoms with van der Waals surface area (Å²) in [5, 5.41) is 3.17. The smallest absolute Gasteiger partial charge is 0.149 e. The molecule has 114 valence electrons. The first-order valence-corrected chi connectivity index (χ1v) is 7.28. The van der Waals surface area contributed by atoms with Crippen molar-refractivity contribution in [2.75, 3.05) is 56.3 Å². The standard InChI is InChI=1S/C14H26N4O2/c1-4-16-13-11-15-12-14(17-13)18(7-9-19-5-2)8-10-20-6-3/h11-12H,4-10H2,1-3H3,(H,16,17). The Morgan fingerprint density at radius 3 is 2.25 bits per heavy atom. The average molecular weight is 282 g/mol. The normalized spacial score (nSPS) is 10.6. The minimum Gasteiger partial charge on any atom is -0.380 e. The molecule has 6 heteroatoms. The molecule has 1 aromatic rings. The second-order valence-electron chi connectivity index (χ2n) is 4.17. The van der Waals surface area contributed by atoms with Gasteiger partial charge in [-0.2, -0.15) is 0 Å². The lowest BCUT2D eigenvalue weighted by atomic mass is 10.4. The van der Waals surface area contributed by atoms with Crippen molar-refractivity contribution < 1.29 is 9.47 Å². The lowest BCUT2D eigenvalue weighted by Crippen LogP contribution is -2.32. The predicted molar refractivity (Wildman–Crippen MR) is 81.4 cm³/mol. The summed E-state index contributed by atoms with van der Waals surface area (Å²) in [7, 11) is 0. The molecular formula is C14H26N4O2. The molecule has 0 aliphatic heterocycles. The summed E-state index contributed by atoms with van der Waals surface area (Å²) in [6.45, 7) is 11.2. The van der Waals surface area contributed by atoms with Gasteiger partial charge in [0.25, 0.3) is 0 Å². The Balaban J connectivity index is 2.65. The van der Waals surface area contributed by atoms with E-state index in [2.05, 4.69) is 20.2 Å². The highest BCUT2D eigenvalue weighted by Crippen LogP contribution is 2.12. The van der Waals surface area contributed by atoms with Crippen LogP contribution in [0.25, 0.3) is 0 Å². The average Bonchev–Trinajstić information content (AvgIpc) is 2.47. The van der Waals surface area contributed by atoms with E-state index < -0.39 is 0 Å². The number of anilines is 2. The Kier molecular flexibility index (Phi) is 8.66. The van der Waals surface area contributed by atoms with E-state index in [9.17, 15) is 0 Å².